The van der Waals surface area contributed by atoms with Crippen LogP contribution < -0.4 is 5.73 Å². The van der Waals surface area contributed by atoms with Crippen molar-refractivity contribution < 1.29 is 0 Å². The Bertz CT molecular complexity index is 342. The lowest BCUT2D eigenvalue weighted by molar-refractivity contribution is 0.193. The maximum Gasteiger partial charge on any atom is 0.0952 e. The van der Waals surface area contributed by atoms with Gasteiger partial charge in [0.15, 0.2) is 0 Å². The van der Waals surface area contributed by atoms with Gasteiger partial charge < -0.3 is 10.3 Å². The average molecular weight is 221 g/mol. The molecule has 0 spiro atoms. The molecule has 90 valence electrons. The van der Waals surface area contributed by atoms with Gasteiger partial charge in [-0.2, -0.15) is 0 Å². The molecule has 1 atom stereocenters. The number of hydrogen-bond acceptors (Lipinski definition) is 2. The first-order valence-electron chi connectivity index (χ1n) is 6.27. The van der Waals surface area contributed by atoms with Crippen LogP contribution in [0.25, 0.3) is 0 Å². The summed E-state index contributed by atoms with van der Waals surface area (Å²) in [5.41, 5.74) is 7.36. The second-order valence-electron chi connectivity index (χ2n) is 5.93. The lowest BCUT2D eigenvalue weighted by atomic mass is 9.75. The van der Waals surface area contributed by atoms with Gasteiger partial charge in [0.05, 0.1) is 12.0 Å². The van der Waals surface area contributed by atoms with Crippen molar-refractivity contribution >= 4 is 0 Å². The highest BCUT2D eigenvalue weighted by molar-refractivity contribution is 5.03. The summed E-state index contributed by atoms with van der Waals surface area (Å²) in [5.74, 6) is 0. The van der Waals surface area contributed by atoms with E-state index >= 15 is 0 Å². The topological polar surface area (TPSA) is 43.8 Å². The SMILES string of the molecule is CC(N)c1cn(C2CCC(C)(C)CC2)cn1. The first-order chi connectivity index (χ1) is 7.48. The molecular formula is C13H23N3. The molecule has 1 saturated carbocycles. The lowest BCUT2D eigenvalue weighted by Gasteiger charge is -2.34. The molecule has 0 radical (unpaired) electrons. The Kier molecular flexibility index (Phi) is 3.06. The Labute approximate surface area is 98.1 Å². The summed E-state index contributed by atoms with van der Waals surface area (Å²) in [4.78, 5) is 4.37. The molecule has 0 saturated heterocycles. The van der Waals surface area contributed by atoms with E-state index in [0.29, 0.717) is 11.5 Å². The van der Waals surface area contributed by atoms with Crippen molar-refractivity contribution in [2.45, 2.75) is 58.5 Å². The summed E-state index contributed by atoms with van der Waals surface area (Å²) in [6.45, 7) is 6.71. The maximum atomic E-state index is 5.82. The lowest BCUT2D eigenvalue weighted by Crippen LogP contribution is -2.22. The number of hydrogen-bond donors (Lipinski definition) is 1. The second-order valence-corrected chi connectivity index (χ2v) is 5.93. The van der Waals surface area contributed by atoms with Gasteiger partial charge in [0, 0.05) is 18.3 Å². The molecule has 3 heteroatoms. The first kappa shape index (κ1) is 11.6. The Morgan fingerprint density at radius 3 is 2.56 bits per heavy atom. The first-order valence-corrected chi connectivity index (χ1v) is 6.27. The molecule has 16 heavy (non-hydrogen) atoms. The van der Waals surface area contributed by atoms with Gasteiger partial charge in [-0.05, 0) is 38.0 Å². The van der Waals surface area contributed by atoms with Gasteiger partial charge in [0.1, 0.15) is 0 Å². The van der Waals surface area contributed by atoms with Gasteiger partial charge in [-0.15, -0.1) is 0 Å². The Balaban J connectivity index is 2.03. The van der Waals surface area contributed by atoms with Gasteiger partial charge in [0.2, 0.25) is 0 Å². The predicted octanol–water partition coefficient (Wildman–Crippen LogP) is 3.04. The zero-order valence-corrected chi connectivity index (χ0v) is 10.6. The van der Waals surface area contributed by atoms with Crippen LogP contribution in [-0.4, -0.2) is 9.55 Å². The van der Waals surface area contributed by atoms with Gasteiger partial charge in [-0.1, -0.05) is 13.8 Å². The van der Waals surface area contributed by atoms with Crippen LogP contribution in [0, 0.1) is 5.41 Å². The normalized spacial score (nSPS) is 23.2. The molecule has 3 nitrogen and oxygen atoms in total. The van der Waals surface area contributed by atoms with Crippen molar-refractivity contribution in [2.75, 3.05) is 0 Å². The van der Waals surface area contributed by atoms with Crippen LogP contribution in [-0.2, 0) is 0 Å². The smallest absolute Gasteiger partial charge is 0.0952 e. The maximum absolute atomic E-state index is 5.82. The van der Waals surface area contributed by atoms with E-state index in [4.69, 9.17) is 5.73 Å². The van der Waals surface area contributed by atoms with E-state index in [-0.39, 0.29) is 6.04 Å². The van der Waals surface area contributed by atoms with Crippen molar-refractivity contribution in [3.63, 3.8) is 0 Å². The molecule has 2 N–H and O–H groups in total. The van der Waals surface area contributed by atoms with Gasteiger partial charge in [-0.3, -0.25) is 0 Å². The van der Waals surface area contributed by atoms with E-state index in [0.717, 1.165) is 5.69 Å². The summed E-state index contributed by atoms with van der Waals surface area (Å²) in [7, 11) is 0. The molecule has 0 aromatic carbocycles. The summed E-state index contributed by atoms with van der Waals surface area (Å²) >= 11 is 0. The quantitative estimate of drug-likeness (QED) is 0.834. The molecule has 0 amide bonds. The summed E-state index contributed by atoms with van der Waals surface area (Å²) < 4.78 is 2.26. The Hall–Kier alpha value is -0.830. The van der Waals surface area contributed by atoms with Crippen LogP contribution in [0.1, 0.15) is 64.2 Å². The molecule has 1 fully saturated rings. The monoisotopic (exact) mass is 221 g/mol. The highest BCUT2D eigenvalue weighted by Crippen LogP contribution is 2.40. The summed E-state index contributed by atoms with van der Waals surface area (Å²) in [6.07, 6.45) is 9.21. The second kappa shape index (κ2) is 4.21. The molecule has 1 aromatic rings. The third kappa shape index (κ3) is 2.46. The number of aromatic nitrogens is 2. The van der Waals surface area contributed by atoms with Crippen molar-refractivity contribution in [2.24, 2.45) is 11.1 Å². The van der Waals surface area contributed by atoms with E-state index in [1.54, 1.807) is 0 Å². The van der Waals surface area contributed by atoms with Gasteiger partial charge in [0.25, 0.3) is 0 Å². The highest BCUT2D eigenvalue weighted by atomic mass is 15.1. The van der Waals surface area contributed by atoms with Crippen molar-refractivity contribution in [3.8, 4) is 0 Å². The zero-order chi connectivity index (χ0) is 11.8. The zero-order valence-electron chi connectivity index (χ0n) is 10.6. The standard InChI is InChI=1S/C13H23N3/c1-10(14)12-8-16(9-15-12)11-4-6-13(2,3)7-5-11/h8-11H,4-7,14H2,1-3H3. The van der Waals surface area contributed by atoms with Crippen LogP contribution in [0.4, 0.5) is 0 Å². The molecule has 1 aromatic heterocycles. The molecule has 2 rings (SSSR count). The van der Waals surface area contributed by atoms with Crippen molar-refractivity contribution in [1.82, 2.24) is 9.55 Å². The fraction of sp³-hybridized carbons (Fsp3) is 0.769. The van der Waals surface area contributed by atoms with E-state index in [2.05, 4.69) is 29.6 Å². The van der Waals surface area contributed by atoms with Crippen molar-refractivity contribution in [3.05, 3.63) is 18.2 Å². The van der Waals surface area contributed by atoms with Crippen molar-refractivity contribution in [1.29, 1.82) is 0 Å². The molecule has 1 aliphatic rings. The third-order valence-electron chi connectivity index (χ3n) is 3.82. The van der Waals surface area contributed by atoms with Gasteiger partial charge >= 0.3 is 0 Å². The largest absolute Gasteiger partial charge is 0.334 e. The van der Waals surface area contributed by atoms with E-state index < -0.39 is 0 Å². The number of imidazole rings is 1. The minimum absolute atomic E-state index is 0.0429. The molecule has 0 aliphatic heterocycles. The fourth-order valence-electron chi connectivity index (χ4n) is 2.47. The number of nitrogens with two attached hydrogens (primary N) is 1. The molecule has 0 bridgehead atoms. The summed E-state index contributed by atoms with van der Waals surface area (Å²) in [5, 5.41) is 0. The van der Waals surface area contributed by atoms with Crippen LogP contribution in [0.3, 0.4) is 0 Å². The van der Waals surface area contributed by atoms with Gasteiger partial charge in [-0.25, -0.2) is 4.98 Å². The van der Waals surface area contributed by atoms with Crippen LogP contribution in [0.15, 0.2) is 12.5 Å². The molecular weight excluding hydrogens is 198 g/mol. The molecule has 1 aliphatic carbocycles. The van der Waals surface area contributed by atoms with Crippen LogP contribution >= 0.6 is 0 Å². The number of rotatable bonds is 2. The Morgan fingerprint density at radius 1 is 1.44 bits per heavy atom. The molecule has 1 unspecified atom stereocenters. The fourth-order valence-corrected chi connectivity index (χ4v) is 2.47. The minimum atomic E-state index is 0.0429. The molecule has 1 heterocycles. The van der Waals surface area contributed by atoms with Crippen LogP contribution in [0.2, 0.25) is 0 Å². The minimum Gasteiger partial charge on any atom is -0.334 e. The highest BCUT2D eigenvalue weighted by Gasteiger charge is 2.27. The third-order valence-corrected chi connectivity index (χ3v) is 3.82. The van der Waals surface area contributed by atoms with E-state index in [9.17, 15) is 0 Å². The van der Waals surface area contributed by atoms with E-state index in [1.807, 2.05) is 13.3 Å². The predicted molar refractivity (Wildman–Crippen MR) is 66.1 cm³/mol. The average Bonchev–Trinajstić information content (AvgIpc) is 2.66. The summed E-state index contributed by atoms with van der Waals surface area (Å²) in [6, 6.07) is 0.675. The Morgan fingerprint density at radius 2 is 2.06 bits per heavy atom. The number of nitrogens with zero attached hydrogens (tertiary/aromatic N) is 2. The van der Waals surface area contributed by atoms with Crippen LogP contribution in [0.5, 0.6) is 0 Å². The van der Waals surface area contributed by atoms with E-state index in [1.165, 1.54) is 25.7 Å².